The molecule has 0 spiro atoms. The second kappa shape index (κ2) is 7.16. The van der Waals surface area contributed by atoms with Crippen LogP contribution in [0.2, 0.25) is 0 Å². The second-order valence-electron chi connectivity index (χ2n) is 8.33. The van der Waals surface area contributed by atoms with Gasteiger partial charge in [0.25, 0.3) is 0 Å². The van der Waals surface area contributed by atoms with Crippen molar-refractivity contribution < 1.29 is 13.7 Å². The van der Waals surface area contributed by atoms with Gasteiger partial charge in [-0.25, -0.2) is 19.2 Å². The highest BCUT2D eigenvalue weighted by Gasteiger charge is 2.53. The minimum Gasteiger partial charge on any atom is -0.494 e. The van der Waals surface area contributed by atoms with E-state index in [2.05, 4.69) is 21.8 Å². The summed E-state index contributed by atoms with van der Waals surface area (Å²) in [5.74, 6) is 1.82. The fourth-order valence-electron chi connectivity index (χ4n) is 4.33. The standard InChI is InChI=1S/C21H26N6O3S/c1-13-12-30-9-8-27(13)17-10-16(21(5-6-21)31(3,22)28)25-20(26-17)18-14-4-7-23-19(14)24-11-15(18)29-2/h4,7,10-11,13,22H,5-6,8-9,12H2,1-3H3,(H,23,24)/t13-,31?/m1/s1. The average Bonchev–Trinajstić information content (AvgIpc) is 3.45. The molecular formula is C21H26N6O3S. The molecule has 2 atom stereocenters. The van der Waals surface area contributed by atoms with Crippen LogP contribution in [0.5, 0.6) is 5.75 Å². The molecule has 1 saturated heterocycles. The summed E-state index contributed by atoms with van der Waals surface area (Å²) in [6.45, 7) is 4.04. The van der Waals surface area contributed by atoms with Crippen LogP contribution in [0.15, 0.2) is 24.5 Å². The van der Waals surface area contributed by atoms with Crippen molar-refractivity contribution in [3.05, 3.63) is 30.2 Å². The van der Waals surface area contributed by atoms with E-state index in [0.717, 1.165) is 16.8 Å². The molecule has 2 N–H and O–H groups in total. The Bertz CT molecular complexity index is 1250. The van der Waals surface area contributed by atoms with Gasteiger partial charge in [-0.05, 0) is 25.8 Å². The molecular weight excluding hydrogens is 416 g/mol. The molecule has 10 heteroatoms. The zero-order valence-electron chi connectivity index (χ0n) is 17.8. The van der Waals surface area contributed by atoms with Gasteiger partial charge in [0.1, 0.15) is 17.2 Å². The van der Waals surface area contributed by atoms with Gasteiger partial charge in [0, 0.05) is 30.4 Å². The highest BCUT2D eigenvalue weighted by atomic mass is 32.2. The summed E-state index contributed by atoms with van der Waals surface area (Å²) in [7, 11) is -1.24. The van der Waals surface area contributed by atoms with Crippen molar-refractivity contribution in [1.29, 1.82) is 4.78 Å². The first-order chi connectivity index (χ1) is 14.8. The van der Waals surface area contributed by atoms with Crippen molar-refractivity contribution in [2.75, 3.05) is 38.0 Å². The largest absolute Gasteiger partial charge is 0.494 e. The molecule has 31 heavy (non-hydrogen) atoms. The summed E-state index contributed by atoms with van der Waals surface area (Å²) in [6.07, 6.45) is 6.36. The van der Waals surface area contributed by atoms with E-state index in [1.165, 1.54) is 6.26 Å². The molecule has 1 unspecified atom stereocenters. The maximum atomic E-state index is 12.9. The van der Waals surface area contributed by atoms with Gasteiger partial charge in [0.2, 0.25) is 0 Å². The number of aromatic amines is 1. The summed E-state index contributed by atoms with van der Waals surface area (Å²) in [4.78, 5) is 19.5. The van der Waals surface area contributed by atoms with Crippen LogP contribution in [0.4, 0.5) is 5.82 Å². The molecule has 5 rings (SSSR count). The molecule has 9 nitrogen and oxygen atoms in total. The van der Waals surface area contributed by atoms with E-state index < -0.39 is 14.5 Å². The van der Waals surface area contributed by atoms with Crippen LogP contribution in [0, 0.1) is 4.78 Å². The Labute approximate surface area is 181 Å². The molecule has 4 heterocycles. The van der Waals surface area contributed by atoms with Gasteiger partial charge in [0.15, 0.2) is 5.82 Å². The lowest BCUT2D eigenvalue weighted by atomic mass is 10.1. The quantitative estimate of drug-likeness (QED) is 0.624. The number of morpholine rings is 1. The molecule has 1 aliphatic carbocycles. The molecule has 1 saturated carbocycles. The molecule has 0 aromatic carbocycles. The van der Waals surface area contributed by atoms with E-state index in [1.54, 1.807) is 13.3 Å². The fraction of sp³-hybridized carbons (Fsp3) is 0.476. The number of hydrogen-bond acceptors (Lipinski definition) is 8. The zero-order valence-corrected chi connectivity index (χ0v) is 18.7. The average molecular weight is 443 g/mol. The Morgan fingerprint density at radius 3 is 2.87 bits per heavy atom. The van der Waals surface area contributed by atoms with Gasteiger partial charge < -0.3 is 19.4 Å². The first-order valence-electron chi connectivity index (χ1n) is 10.3. The van der Waals surface area contributed by atoms with Crippen LogP contribution >= 0.6 is 0 Å². The number of hydrogen-bond donors (Lipinski definition) is 2. The first kappa shape index (κ1) is 20.2. The third kappa shape index (κ3) is 3.25. The van der Waals surface area contributed by atoms with Gasteiger partial charge in [-0.1, -0.05) is 0 Å². The maximum Gasteiger partial charge on any atom is 0.166 e. The number of fused-ring (bicyclic) bond motifs is 1. The van der Waals surface area contributed by atoms with Gasteiger partial charge >= 0.3 is 0 Å². The van der Waals surface area contributed by atoms with E-state index in [9.17, 15) is 4.21 Å². The molecule has 0 bridgehead atoms. The van der Waals surface area contributed by atoms with Crippen molar-refractivity contribution in [1.82, 2.24) is 19.9 Å². The SMILES string of the molecule is COc1cnc2[nH]ccc2c1-c1nc(N2CCOC[C@H]2C)cc(C2(S(C)(=N)=O)CC2)n1. The predicted molar refractivity (Wildman–Crippen MR) is 119 cm³/mol. The van der Waals surface area contributed by atoms with E-state index in [0.29, 0.717) is 55.5 Å². The smallest absolute Gasteiger partial charge is 0.166 e. The van der Waals surface area contributed by atoms with Crippen LogP contribution in [0.3, 0.4) is 0 Å². The van der Waals surface area contributed by atoms with Crippen molar-refractivity contribution >= 4 is 26.6 Å². The molecule has 1 aliphatic heterocycles. The lowest BCUT2D eigenvalue weighted by Crippen LogP contribution is -2.44. The maximum absolute atomic E-state index is 12.9. The van der Waals surface area contributed by atoms with Crippen LogP contribution in [0.1, 0.15) is 25.5 Å². The van der Waals surface area contributed by atoms with Crippen LogP contribution in [-0.2, 0) is 19.2 Å². The van der Waals surface area contributed by atoms with Gasteiger partial charge in [0.05, 0.1) is 58.3 Å². The molecule has 3 aromatic heterocycles. The Balaban J connectivity index is 1.76. The fourth-order valence-corrected chi connectivity index (χ4v) is 5.71. The third-order valence-corrected chi connectivity index (χ3v) is 8.40. The molecule has 0 amide bonds. The number of rotatable bonds is 5. The van der Waals surface area contributed by atoms with Crippen LogP contribution < -0.4 is 9.64 Å². The lowest BCUT2D eigenvalue weighted by molar-refractivity contribution is 0.0985. The number of nitrogens with one attached hydrogen (secondary N) is 2. The molecule has 2 aliphatic rings. The number of nitrogens with zero attached hydrogens (tertiary/aromatic N) is 4. The second-order valence-corrected chi connectivity index (χ2v) is 10.8. The zero-order chi connectivity index (χ0) is 21.8. The van der Waals surface area contributed by atoms with Gasteiger partial charge in [-0.2, -0.15) is 0 Å². The predicted octanol–water partition coefficient (Wildman–Crippen LogP) is 2.92. The Kier molecular flexibility index (Phi) is 4.67. The topological polar surface area (TPSA) is 117 Å². The van der Waals surface area contributed by atoms with Crippen LogP contribution in [0.25, 0.3) is 22.4 Å². The van der Waals surface area contributed by atoms with Crippen molar-refractivity contribution in [3.63, 3.8) is 0 Å². The van der Waals surface area contributed by atoms with Crippen molar-refractivity contribution in [2.45, 2.75) is 30.6 Å². The molecule has 3 aromatic rings. The summed E-state index contributed by atoms with van der Waals surface area (Å²) in [5, 5.41) is 0.852. The number of ether oxygens (including phenoxy) is 2. The third-order valence-electron chi connectivity index (χ3n) is 6.29. The Morgan fingerprint density at radius 1 is 1.39 bits per heavy atom. The monoisotopic (exact) mass is 442 g/mol. The van der Waals surface area contributed by atoms with Crippen molar-refractivity contribution in [2.24, 2.45) is 0 Å². The highest BCUT2D eigenvalue weighted by molar-refractivity contribution is 7.92. The van der Waals surface area contributed by atoms with Gasteiger partial charge in [-0.15, -0.1) is 0 Å². The highest BCUT2D eigenvalue weighted by Crippen LogP contribution is 2.53. The number of anilines is 1. The summed E-state index contributed by atoms with van der Waals surface area (Å²) < 4.78 is 31.7. The summed E-state index contributed by atoms with van der Waals surface area (Å²) in [5.41, 5.74) is 2.12. The van der Waals surface area contributed by atoms with E-state index >= 15 is 0 Å². The summed E-state index contributed by atoms with van der Waals surface area (Å²) >= 11 is 0. The number of aromatic nitrogens is 4. The van der Waals surface area contributed by atoms with Crippen molar-refractivity contribution in [3.8, 4) is 17.1 Å². The summed E-state index contributed by atoms with van der Waals surface area (Å²) in [6, 6.07) is 3.99. The van der Waals surface area contributed by atoms with E-state index in [-0.39, 0.29) is 6.04 Å². The van der Waals surface area contributed by atoms with E-state index in [4.69, 9.17) is 24.2 Å². The molecule has 2 fully saturated rings. The molecule has 0 radical (unpaired) electrons. The van der Waals surface area contributed by atoms with Crippen LogP contribution in [-0.4, -0.2) is 63.3 Å². The first-order valence-corrected chi connectivity index (χ1v) is 12.3. The minimum absolute atomic E-state index is 0.146. The number of H-pyrrole nitrogens is 1. The minimum atomic E-state index is -2.83. The lowest BCUT2D eigenvalue weighted by Gasteiger charge is -2.35. The Hall–Kier alpha value is -2.72. The Morgan fingerprint density at radius 2 is 2.19 bits per heavy atom. The number of methoxy groups -OCH3 is 1. The number of pyridine rings is 1. The van der Waals surface area contributed by atoms with E-state index in [1.807, 2.05) is 18.3 Å². The molecule has 164 valence electrons. The normalized spacial score (nSPS) is 22.3. The van der Waals surface area contributed by atoms with Gasteiger partial charge in [-0.3, -0.25) is 4.78 Å².